The molecule has 0 spiro atoms. The lowest BCUT2D eigenvalue weighted by molar-refractivity contribution is -0.141. The van der Waals surface area contributed by atoms with E-state index in [-0.39, 0.29) is 11.5 Å². The van der Waals surface area contributed by atoms with Crippen molar-refractivity contribution in [1.29, 1.82) is 0 Å². The largest absolute Gasteiger partial charge is 0.435 e. The van der Waals surface area contributed by atoms with Crippen molar-refractivity contribution in [3.05, 3.63) is 82.4 Å². The van der Waals surface area contributed by atoms with Gasteiger partial charge < -0.3 is 9.80 Å². The zero-order valence-corrected chi connectivity index (χ0v) is 17.8. The highest BCUT2D eigenvalue weighted by molar-refractivity contribution is 5.94. The standard InChI is InChI=1S/C23H19F3N6O2/c24-23(25,26)19-9-10-32(29-19)16-7-5-15(6-8-16)21(34)30-11-13-31(14-12-30)22-27-18-4-2-1-3-17(18)20(33)28-22/h1-10H,11-14H2,(H,27,28,33). The molecule has 0 atom stereocenters. The summed E-state index contributed by atoms with van der Waals surface area (Å²) in [6.45, 7) is 1.87. The molecule has 0 bridgehead atoms. The third-order valence-electron chi connectivity index (χ3n) is 5.73. The Morgan fingerprint density at radius 2 is 1.65 bits per heavy atom. The number of carbonyl (C=O) groups excluding carboxylic acids is 1. The SMILES string of the molecule is O=C(c1ccc(-n2ccc(C(F)(F)F)n2)cc1)N1CCN(c2nc3ccccc3c(=O)[nH]2)CC1. The van der Waals surface area contributed by atoms with Gasteiger partial charge in [-0.15, -0.1) is 0 Å². The first-order valence-corrected chi connectivity index (χ1v) is 10.6. The number of amides is 1. The molecule has 1 N–H and O–H groups in total. The third kappa shape index (κ3) is 4.12. The number of aromatic nitrogens is 4. The molecule has 3 heterocycles. The zero-order chi connectivity index (χ0) is 23.9. The molecule has 0 aliphatic carbocycles. The average Bonchev–Trinajstić information content (AvgIpc) is 3.35. The van der Waals surface area contributed by atoms with Crippen LogP contribution in [0.15, 0.2) is 65.6 Å². The van der Waals surface area contributed by atoms with E-state index in [0.717, 1.165) is 10.7 Å². The Bertz CT molecular complexity index is 1400. The second-order valence-electron chi connectivity index (χ2n) is 7.88. The predicted octanol–water partition coefficient (Wildman–Crippen LogP) is 3.09. The minimum atomic E-state index is -4.52. The van der Waals surface area contributed by atoms with E-state index in [1.54, 1.807) is 47.4 Å². The van der Waals surface area contributed by atoms with Gasteiger partial charge in [0.1, 0.15) is 0 Å². The first-order chi connectivity index (χ1) is 16.3. The molecule has 0 saturated carbocycles. The maximum Gasteiger partial charge on any atom is 0.435 e. The number of benzene rings is 2. The summed E-state index contributed by atoms with van der Waals surface area (Å²) in [6.07, 6.45) is -3.29. The van der Waals surface area contributed by atoms with Gasteiger partial charge in [-0.25, -0.2) is 9.67 Å². The van der Waals surface area contributed by atoms with Crippen LogP contribution in [-0.2, 0) is 6.18 Å². The zero-order valence-electron chi connectivity index (χ0n) is 17.8. The molecule has 0 unspecified atom stereocenters. The Morgan fingerprint density at radius 3 is 2.32 bits per heavy atom. The van der Waals surface area contributed by atoms with E-state index >= 15 is 0 Å². The second kappa shape index (κ2) is 8.32. The molecule has 0 radical (unpaired) electrons. The number of rotatable bonds is 3. The summed E-state index contributed by atoms with van der Waals surface area (Å²) >= 11 is 0. The summed E-state index contributed by atoms with van der Waals surface area (Å²) in [5.74, 6) is 0.292. The van der Waals surface area contributed by atoms with Crippen LogP contribution >= 0.6 is 0 Å². The lowest BCUT2D eigenvalue weighted by Crippen LogP contribution is -2.49. The maximum absolute atomic E-state index is 12.9. The number of para-hydroxylation sites is 1. The van der Waals surface area contributed by atoms with Crippen molar-refractivity contribution in [2.45, 2.75) is 6.18 Å². The molecule has 2 aromatic heterocycles. The van der Waals surface area contributed by atoms with E-state index in [9.17, 15) is 22.8 Å². The number of hydrogen-bond acceptors (Lipinski definition) is 5. The first kappa shape index (κ1) is 21.7. The second-order valence-corrected chi connectivity index (χ2v) is 7.88. The minimum Gasteiger partial charge on any atom is -0.339 e. The highest BCUT2D eigenvalue weighted by atomic mass is 19.4. The molecule has 2 aromatic carbocycles. The Balaban J connectivity index is 1.25. The summed E-state index contributed by atoms with van der Waals surface area (Å²) < 4.78 is 39.4. The van der Waals surface area contributed by atoms with Gasteiger partial charge in [0.25, 0.3) is 11.5 Å². The Labute approximate surface area is 191 Å². The molecule has 5 rings (SSSR count). The number of alkyl halides is 3. The van der Waals surface area contributed by atoms with Crippen LogP contribution in [0.3, 0.4) is 0 Å². The van der Waals surface area contributed by atoms with Crippen molar-refractivity contribution >= 4 is 22.8 Å². The van der Waals surface area contributed by atoms with Gasteiger partial charge in [-0.2, -0.15) is 18.3 Å². The van der Waals surface area contributed by atoms with Crippen molar-refractivity contribution in [3.8, 4) is 5.69 Å². The number of fused-ring (bicyclic) bond motifs is 1. The number of H-pyrrole nitrogens is 1. The van der Waals surface area contributed by atoms with Gasteiger partial charge in [0.2, 0.25) is 5.95 Å². The number of anilines is 1. The molecule has 174 valence electrons. The van der Waals surface area contributed by atoms with E-state index in [4.69, 9.17) is 0 Å². The molecule has 1 fully saturated rings. The summed E-state index contributed by atoms with van der Waals surface area (Å²) in [5.41, 5.74) is 0.270. The van der Waals surface area contributed by atoms with Crippen molar-refractivity contribution < 1.29 is 18.0 Å². The first-order valence-electron chi connectivity index (χ1n) is 10.6. The Morgan fingerprint density at radius 1 is 0.941 bits per heavy atom. The molecular formula is C23H19F3N6O2. The van der Waals surface area contributed by atoms with E-state index in [1.807, 2.05) is 11.0 Å². The van der Waals surface area contributed by atoms with Crippen LogP contribution in [0.1, 0.15) is 16.1 Å². The lowest BCUT2D eigenvalue weighted by atomic mass is 10.1. The number of aromatic amines is 1. The van der Waals surface area contributed by atoms with Gasteiger partial charge >= 0.3 is 6.18 Å². The lowest BCUT2D eigenvalue weighted by Gasteiger charge is -2.35. The fraction of sp³-hybridized carbons (Fsp3) is 0.217. The summed E-state index contributed by atoms with van der Waals surface area (Å²) in [7, 11) is 0. The van der Waals surface area contributed by atoms with Crippen LogP contribution in [0, 0.1) is 0 Å². The van der Waals surface area contributed by atoms with Crippen LogP contribution in [0.2, 0.25) is 0 Å². The van der Waals surface area contributed by atoms with E-state index in [0.29, 0.717) is 54.3 Å². The monoisotopic (exact) mass is 468 g/mol. The van der Waals surface area contributed by atoms with Crippen LogP contribution in [0.5, 0.6) is 0 Å². The number of halogens is 3. The van der Waals surface area contributed by atoms with Crippen molar-refractivity contribution in [3.63, 3.8) is 0 Å². The van der Waals surface area contributed by atoms with Gasteiger partial charge in [-0.3, -0.25) is 14.6 Å². The topological polar surface area (TPSA) is 87.1 Å². The highest BCUT2D eigenvalue weighted by Gasteiger charge is 2.33. The molecule has 34 heavy (non-hydrogen) atoms. The number of nitrogens with one attached hydrogen (secondary N) is 1. The predicted molar refractivity (Wildman–Crippen MR) is 119 cm³/mol. The van der Waals surface area contributed by atoms with Gasteiger partial charge in [0.15, 0.2) is 5.69 Å². The van der Waals surface area contributed by atoms with E-state index in [1.165, 1.54) is 6.20 Å². The van der Waals surface area contributed by atoms with E-state index < -0.39 is 11.9 Å². The van der Waals surface area contributed by atoms with Crippen LogP contribution in [0.25, 0.3) is 16.6 Å². The van der Waals surface area contributed by atoms with Gasteiger partial charge in [-0.1, -0.05) is 12.1 Å². The highest BCUT2D eigenvalue weighted by Crippen LogP contribution is 2.28. The number of nitrogens with zero attached hydrogens (tertiary/aromatic N) is 5. The maximum atomic E-state index is 12.9. The number of piperazine rings is 1. The van der Waals surface area contributed by atoms with Crippen LogP contribution < -0.4 is 10.5 Å². The minimum absolute atomic E-state index is 0.178. The molecule has 11 heteroatoms. The molecule has 4 aromatic rings. The summed E-state index contributed by atoms with van der Waals surface area (Å²) in [5, 5.41) is 4.06. The Kier molecular flexibility index (Phi) is 5.31. The van der Waals surface area contributed by atoms with Crippen molar-refractivity contribution in [2.24, 2.45) is 0 Å². The third-order valence-corrected chi connectivity index (χ3v) is 5.73. The molecule has 8 nitrogen and oxygen atoms in total. The molecule has 1 aliphatic rings. The molecular weight excluding hydrogens is 449 g/mol. The Hall–Kier alpha value is -4.15. The number of carbonyl (C=O) groups is 1. The van der Waals surface area contributed by atoms with Crippen LogP contribution in [0.4, 0.5) is 19.1 Å². The van der Waals surface area contributed by atoms with Crippen molar-refractivity contribution in [1.82, 2.24) is 24.6 Å². The molecule has 1 saturated heterocycles. The normalized spacial score (nSPS) is 14.6. The quantitative estimate of drug-likeness (QED) is 0.500. The number of hydrogen-bond donors (Lipinski definition) is 1. The summed E-state index contributed by atoms with van der Waals surface area (Å²) in [4.78, 5) is 36.2. The van der Waals surface area contributed by atoms with Gasteiger partial charge in [-0.05, 0) is 42.5 Å². The summed E-state index contributed by atoms with van der Waals surface area (Å²) in [6, 6.07) is 14.3. The van der Waals surface area contributed by atoms with Gasteiger partial charge in [0.05, 0.1) is 16.6 Å². The smallest absolute Gasteiger partial charge is 0.339 e. The van der Waals surface area contributed by atoms with Crippen molar-refractivity contribution in [2.75, 3.05) is 31.1 Å². The fourth-order valence-electron chi connectivity index (χ4n) is 3.90. The average molecular weight is 468 g/mol. The molecule has 1 aliphatic heterocycles. The van der Waals surface area contributed by atoms with Gasteiger partial charge in [0, 0.05) is 37.9 Å². The molecule has 1 amide bonds. The fourth-order valence-corrected chi connectivity index (χ4v) is 3.90. The van der Waals surface area contributed by atoms with Crippen LogP contribution in [-0.4, -0.2) is 56.7 Å². The van der Waals surface area contributed by atoms with E-state index in [2.05, 4.69) is 15.1 Å².